The third kappa shape index (κ3) is 4.21. The van der Waals surface area contributed by atoms with Gasteiger partial charge in [-0.3, -0.25) is 9.48 Å². The van der Waals surface area contributed by atoms with E-state index in [9.17, 15) is 9.18 Å². The second-order valence-corrected chi connectivity index (χ2v) is 9.94. The molecule has 3 heterocycles. The molecule has 1 unspecified atom stereocenters. The standard InChI is InChI=1S/C24H21Cl3FN3O3/c1-24(12-19(29-34-24)14-4-6-15(25)7-5-14)13-33-20-10-16(18(28)11-17(20)26)21-22(27)30-8-2-3-9-31(30)23(21)32/h4-7,10-11H,2-3,8-9,12-13H2,1H3. The Morgan fingerprint density at radius 2 is 1.82 bits per heavy atom. The van der Waals surface area contributed by atoms with Gasteiger partial charge in [0.1, 0.15) is 23.3 Å². The number of hydrogen-bond acceptors (Lipinski definition) is 4. The zero-order valence-electron chi connectivity index (χ0n) is 18.3. The summed E-state index contributed by atoms with van der Waals surface area (Å²) in [4.78, 5) is 18.6. The van der Waals surface area contributed by atoms with Gasteiger partial charge in [-0.1, -0.05) is 52.1 Å². The second kappa shape index (κ2) is 8.95. The van der Waals surface area contributed by atoms with Crippen molar-refractivity contribution in [3.63, 3.8) is 0 Å². The van der Waals surface area contributed by atoms with E-state index in [1.165, 1.54) is 6.07 Å². The molecule has 2 aliphatic rings. The van der Waals surface area contributed by atoms with Gasteiger partial charge in [-0.2, -0.15) is 0 Å². The first-order chi connectivity index (χ1) is 16.3. The maximum Gasteiger partial charge on any atom is 0.276 e. The lowest BCUT2D eigenvalue weighted by Crippen LogP contribution is -2.32. The minimum Gasteiger partial charge on any atom is -0.488 e. The molecule has 0 radical (unpaired) electrons. The molecule has 0 saturated carbocycles. The third-order valence-corrected chi connectivity index (χ3v) is 7.01. The summed E-state index contributed by atoms with van der Waals surface area (Å²) in [7, 11) is 0. The van der Waals surface area contributed by atoms with Crippen molar-refractivity contribution in [1.29, 1.82) is 0 Å². The number of benzene rings is 2. The van der Waals surface area contributed by atoms with Gasteiger partial charge in [0.25, 0.3) is 5.56 Å². The van der Waals surface area contributed by atoms with Gasteiger partial charge in [0.2, 0.25) is 0 Å². The number of ether oxygens (including phenoxy) is 1. The van der Waals surface area contributed by atoms with Crippen molar-refractivity contribution >= 4 is 40.5 Å². The van der Waals surface area contributed by atoms with Crippen LogP contribution < -0.4 is 10.3 Å². The first-order valence-corrected chi connectivity index (χ1v) is 12.0. The van der Waals surface area contributed by atoms with Crippen molar-refractivity contribution < 1.29 is 14.0 Å². The van der Waals surface area contributed by atoms with Crippen LogP contribution >= 0.6 is 34.8 Å². The second-order valence-electron chi connectivity index (χ2n) is 8.74. The van der Waals surface area contributed by atoms with E-state index in [0.717, 1.165) is 30.2 Å². The summed E-state index contributed by atoms with van der Waals surface area (Å²) < 4.78 is 24.1. The van der Waals surface area contributed by atoms with Gasteiger partial charge in [-0.15, -0.1) is 0 Å². The molecule has 6 nitrogen and oxygen atoms in total. The molecule has 0 spiro atoms. The molecule has 0 bridgehead atoms. The highest BCUT2D eigenvalue weighted by Gasteiger charge is 2.36. The highest BCUT2D eigenvalue weighted by molar-refractivity contribution is 6.33. The van der Waals surface area contributed by atoms with Gasteiger partial charge in [0.05, 0.1) is 16.3 Å². The highest BCUT2D eigenvalue weighted by atomic mass is 35.5. The molecule has 178 valence electrons. The van der Waals surface area contributed by atoms with Crippen LogP contribution in [0.1, 0.15) is 31.7 Å². The lowest BCUT2D eigenvalue weighted by atomic mass is 9.97. The molecule has 0 saturated heterocycles. The van der Waals surface area contributed by atoms with Crippen LogP contribution in [-0.2, 0) is 17.9 Å². The van der Waals surface area contributed by atoms with Crippen LogP contribution in [0.5, 0.6) is 5.75 Å². The Morgan fingerprint density at radius 3 is 2.53 bits per heavy atom. The summed E-state index contributed by atoms with van der Waals surface area (Å²) in [6, 6.07) is 9.89. The van der Waals surface area contributed by atoms with Gasteiger partial charge < -0.3 is 9.57 Å². The number of oxime groups is 1. The summed E-state index contributed by atoms with van der Waals surface area (Å²) in [5.74, 6) is -0.413. The predicted octanol–water partition coefficient (Wildman–Crippen LogP) is 6.17. The molecule has 1 atom stereocenters. The molecular weight excluding hydrogens is 504 g/mol. The number of aromatic nitrogens is 2. The Labute approximate surface area is 210 Å². The van der Waals surface area contributed by atoms with E-state index in [-0.39, 0.29) is 39.2 Å². The monoisotopic (exact) mass is 523 g/mol. The van der Waals surface area contributed by atoms with Crippen LogP contribution in [0.3, 0.4) is 0 Å². The number of nitrogens with zero attached hydrogens (tertiary/aromatic N) is 3. The Bertz CT molecular complexity index is 1350. The van der Waals surface area contributed by atoms with E-state index in [1.807, 2.05) is 19.1 Å². The number of halogens is 4. The normalized spacial score (nSPS) is 19.5. The molecule has 0 fully saturated rings. The molecule has 1 aromatic heterocycles. The highest BCUT2D eigenvalue weighted by Crippen LogP contribution is 2.37. The van der Waals surface area contributed by atoms with Crippen LogP contribution in [0.25, 0.3) is 11.1 Å². The quantitative estimate of drug-likeness (QED) is 0.401. The van der Waals surface area contributed by atoms with Gasteiger partial charge in [-0.25, -0.2) is 9.07 Å². The van der Waals surface area contributed by atoms with E-state index >= 15 is 0 Å². The fourth-order valence-electron chi connectivity index (χ4n) is 4.27. The summed E-state index contributed by atoms with van der Waals surface area (Å²) in [5.41, 5.74) is 0.762. The molecule has 5 rings (SSSR count). The van der Waals surface area contributed by atoms with E-state index in [4.69, 9.17) is 44.4 Å². The summed E-state index contributed by atoms with van der Waals surface area (Å²) >= 11 is 18.7. The number of fused-ring (bicyclic) bond motifs is 1. The first-order valence-electron chi connectivity index (χ1n) is 10.9. The van der Waals surface area contributed by atoms with Crippen molar-refractivity contribution in [3.8, 4) is 16.9 Å². The van der Waals surface area contributed by atoms with Gasteiger partial charge in [-0.05, 0) is 49.6 Å². The smallest absolute Gasteiger partial charge is 0.276 e. The zero-order chi connectivity index (χ0) is 24.0. The summed E-state index contributed by atoms with van der Waals surface area (Å²) in [5, 5.41) is 5.14. The predicted molar refractivity (Wildman–Crippen MR) is 131 cm³/mol. The van der Waals surface area contributed by atoms with Crippen molar-refractivity contribution in [1.82, 2.24) is 9.36 Å². The van der Waals surface area contributed by atoms with E-state index in [2.05, 4.69) is 5.16 Å². The van der Waals surface area contributed by atoms with Crippen molar-refractivity contribution in [2.24, 2.45) is 5.16 Å². The molecule has 2 aliphatic heterocycles. The molecule has 2 aromatic carbocycles. The van der Waals surface area contributed by atoms with Crippen molar-refractivity contribution in [2.75, 3.05) is 6.61 Å². The Balaban J connectivity index is 1.38. The first kappa shape index (κ1) is 23.3. The van der Waals surface area contributed by atoms with Crippen LogP contribution in [-0.4, -0.2) is 27.3 Å². The number of hydrogen-bond donors (Lipinski definition) is 0. The summed E-state index contributed by atoms with van der Waals surface area (Å²) in [6.07, 6.45) is 2.28. The lowest BCUT2D eigenvalue weighted by Gasteiger charge is -2.22. The maximum atomic E-state index is 14.9. The molecule has 3 aromatic rings. The zero-order valence-corrected chi connectivity index (χ0v) is 20.6. The van der Waals surface area contributed by atoms with Crippen molar-refractivity contribution in [2.45, 2.75) is 44.9 Å². The topological polar surface area (TPSA) is 57.8 Å². The fraction of sp³-hybridized carbons (Fsp3) is 0.333. The molecule has 34 heavy (non-hydrogen) atoms. The van der Waals surface area contributed by atoms with Gasteiger partial charge in [0.15, 0.2) is 5.60 Å². The summed E-state index contributed by atoms with van der Waals surface area (Å²) in [6.45, 7) is 3.13. The van der Waals surface area contributed by atoms with Crippen LogP contribution in [0.2, 0.25) is 15.2 Å². The van der Waals surface area contributed by atoms with E-state index in [1.54, 1.807) is 21.5 Å². The van der Waals surface area contributed by atoms with E-state index in [0.29, 0.717) is 24.5 Å². The molecule has 0 aliphatic carbocycles. The minimum absolute atomic E-state index is 0.0550. The number of rotatable bonds is 5. The lowest BCUT2D eigenvalue weighted by molar-refractivity contribution is -0.0356. The molecule has 0 N–H and O–H groups in total. The molecular formula is C24H21Cl3FN3O3. The minimum atomic E-state index is -0.751. The Morgan fingerprint density at radius 1 is 1.12 bits per heavy atom. The van der Waals surface area contributed by atoms with Gasteiger partial charge in [0, 0.05) is 30.1 Å². The Hall–Kier alpha value is -2.48. The third-order valence-electron chi connectivity index (χ3n) is 6.08. The fourth-order valence-corrected chi connectivity index (χ4v) is 4.96. The van der Waals surface area contributed by atoms with Crippen LogP contribution in [0.4, 0.5) is 4.39 Å². The molecule has 0 amide bonds. The van der Waals surface area contributed by atoms with Crippen LogP contribution in [0.15, 0.2) is 46.3 Å². The van der Waals surface area contributed by atoms with E-state index < -0.39 is 11.4 Å². The average molecular weight is 525 g/mol. The van der Waals surface area contributed by atoms with Crippen LogP contribution in [0, 0.1) is 5.82 Å². The van der Waals surface area contributed by atoms with Crippen molar-refractivity contribution in [3.05, 3.63) is 73.3 Å². The largest absolute Gasteiger partial charge is 0.488 e. The SMILES string of the molecule is CC1(COc2cc(-c3c(Cl)n4n(c3=O)CCCC4)c(F)cc2Cl)CC(c2ccc(Cl)cc2)=NO1. The molecule has 10 heteroatoms. The Kier molecular flexibility index (Phi) is 6.12. The van der Waals surface area contributed by atoms with Gasteiger partial charge >= 0.3 is 0 Å². The maximum absolute atomic E-state index is 14.9. The average Bonchev–Trinajstić information content (AvgIpc) is 3.33.